The van der Waals surface area contributed by atoms with E-state index in [9.17, 15) is 9.90 Å². The second-order valence-corrected chi connectivity index (χ2v) is 8.66. The number of benzene rings is 2. The highest BCUT2D eigenvalue weighted by Gasteiger charge is 2.25. The molecule has 39 heavy (non-hydrogen) atoms. The number of pyridine rings is 1. The van der Waals surface area contributed by atoms with Crippen LogP contribution in [0.15, 0.2) is 77.4 Å². The number of hydrogen-bond donors (Lipinski definition) is 1. The lowest BCUT2D eigenvalue weighted by Crippen LogP contribution is -2.23. The van der Waals surface area contributed by atoms with Gasteiger partial charge in [-0.15, -0.1) is 0 Å². The monoisotopic (exact) mass is 529 g/mol. The first-order chi connectivity index (χ1) is 18.9. The molecule has 2 aromatic heterocycles. The molecule has 0 amide bonds. The summed E-state index contributed by atoms with van der Waals surface area (Å²) in [5.41, 5.74) is 2.72. The molecule has 0 saturated heterocycles. The van der Waals surface area contributed by atoms with Crippen molar-refractivity contribution in [1.29, 1.82) is 0 Å². The molecule has 0 spiro atoms. The molecule has 1 N–H and O–H groups in total. The van der Waals surface area contributed by atoms with Crippen molar-refractivity contribution in [3.8, 4) is 28.8 Å². The van der Waals surface area contributed by atoms with Gasteiger partial charge >= 0.3 is 0 Å². The van der Waals surface area contributed by atoms with Crippen molar-refractivity contribution in [3.63, 3.8) is 0 Å². The molecule has 0 aliphatic carbocycles. The first-order valence-corrected chi connectivity index (χ1v) is 12.4. The quantitative estimate of drug-likeness (QED) is 0.179. The zero-order valence-electron chi connectivity index (χ0n) is 22.4. The molecule has 0 fully saturated rings. The fourth-order valence-electron chi connectivity index (χ4n) is 3.90. The number of carbonyl (C=O) groups excluding carboxylic acids is 1. The Morgan fingerprint density at radius 3 is 2.03 bits per heavy atom. The fourth-order valence-corrected chi connectivity index (χ4v) is 3.90. The van der Waals surface area contributed by atoms with E-state index in [4.69, 9.17) is 18.6 Å². The summed E-state index contributed by atoms with van der Waals surface area (Å²) < 4.78 is 22.2. The predicted molar refractivity (Wildman–Crippen MR) is 148 cm³/mol. The van der Waals surface area contributed by atoms with Crippen molar-refractivity contribution in [2.24, 2.45) is 0 Å². The van der Waals surface area contributed by atoms with Crippen LogP contribution in [0.3, 0.4) is 0 Å². The summed E-state index contributed by atoms with van der Waals surface area (Å²) in [4.78, 5) is 22.9. The topological polar surface area (TPSA) is 107 Å². The van der Waals surface area contributed by atoms with Crippen LogP contribution in [0.1, 0.15) is 30.2 Å². The number of methoxy groups -OCH3 is 3. The van der Waals surface area contributed by atoms with E-state index in [-0.39, 0.29) is 29.5 Å². The molecule has 9 heteroatoms. The van der Waals surface area contributed by atoms with Crippen LogP contribution in [-0.2, 0) is 17.9 Å². The minimum absolute atomic E-state index is 0.157. The molecule has 0 aliphatic heterocycles. The third-order valence-electron chi connectivity index (χ3n) is 6.04. The lowest BCUT2D eigenvalue weighted by molar-refractivity contribution is -0.114. The van der Waals surface area contributed by atoms with E-state index in [1.807, 2.05) is 53.4 Å². The molecule has 9 nitrogen and oxygen atoms in total. The van der Waals surface area contributed by atoms with Gasteiger partial charge in [-0.1, -0.05) is 31.2 Å². The molecule has 0 radical (unpaired) electrons. The second-order valence-electron chi connectivity index (χ2n) is 8.66. The zero-order chi connectivity index (χ0) is 27.8. The first kappa shape index (κ1) is 27.3. The van der Waals surface area contributed by atoms with Crippen LogP contribution in [0.25, 0.3) is 17.2 Å². The van der Waals surface area contributed by atoms with Crippen LogP contribution in [0.5, 0.6) is 17.4 Å². The van der Waals surface area contributed by atoms with Crippen LogP contribution in [0.2, 0.25) is 0 Å². The summed E-state index contributed by atoms with van der Waals surface area (Å²) in [5.74, 6) is 1.93. The minimum Gasteiger partial charge on any atom is -0.505 e. The Balaban J connectivity index is 1.82. The van der Waals surface area contributed by atoms with Crippen LogP contribution >= 0.6 is 0 Å². The number of carbonyl (C=O) groups is 1. The average molecular weight is 530 g/mol. The molecule has 0 aliphatic rings. The van der Waals surface area contributed by atoms with Gasteiger partial charge in [0.15, 0.2) is 11.5 Å². The Bertz CT molecular complexity index is 1380. The molecular weight excluding hydrogens is 498 g/mol. The van der Waals surface area contributed by atoms with E-state index in [1.54, 1.807) is 39.5 Å². The summed E-state index contributed by atoms with van der Waals surface area (Å²) in [7, 11) is 4.76. The number of anilines is 1. The van der Waals surface area contributed by atoms with Crippen molar-refractivity contribution in [3.05, 3.63) is 89.8 Å². The lowest BCUT2D eigenvalue weighted by Gasteiger charge is -2.23. The SMILES string of the molecule is CCC(=O)C=C(O)c1nc(-c2ccnc(OC)c2)oc1N(Cc1ccc(OC)cc1)Cc1ccc(OC)cc1. The molecule has 2 aromatic carbocycles. The number of ketones is 1. The van der Waals surface area contributed by atoms with Crippen molar-refractivity contribution >= 4 is 17.4 Å². The zero-order valence-corrected chi connectivity index (χ0v) is 22.4. The maximum Gasteiger partial charge on any atom is 0.229 e. The van der Waals surface area contributed by atoms with Crippen LogP contribution in [0.4, 0.5) is 5.88 Å². The number of aliphatic hydroxyl groups is 1. The Kier molecular flexibility index (Phi) is 8.83. The normalized spacial score (nSPS) is 11.2. The van der Waals surface area contributed by atoms with Crippen molar-refractivity contribution in [1.82, 2.24) is 9.97 Å². The van der Waals surface area contributed by atoms with E-state index in [0.717, 1.165) is 22.6 Å². The van der Waals surface area contributed by atoms with E-state index >= 15 is 0 Å². The van der Waals surface area contributed by atoms with Gasteiger partial charge < -0.3 is 28.6 Å². The maximum absolute atomic E-state index is 12.2. The molecule has 0 saturated carbocycles. The van der Waals surface area contributed by atoms with Gasteiger partial charge in [0.25, 0.3) is 0 Å². The smallest absolute Gasteiger partial charge is 0.229 e. The summed E-state index contributed by atoms with van der Waals surface area (Å²) in [6, 6.07) is 18.8. The standard InChI is InChI=1S/C30H31N3O6/c1-5-23(34)17-26(35)28-30(39-29(32-28)22-14-15-31-27(16-22)38-4)33(18-20-6-10-24(36-2)11-7-20)19-21-8-12-25(37-3)13-9-21/h6-17,35H,5,18-19H2,1-4H3. The summed E-state index contributed by atoms with van der Waals surface area (Å²) >= 11 is 0. The molecule has 202 valence electrons. The van der Waals surface area contributed by atoms with Crippen LogP contribution < -0.4 is 19.1 Å². The van der Waals surface area contributed by atoms with E-state index in [1.165, 1.54) is 13.2 Å². The Morgan fingerprint density at radius 2 is 1.51 bits per heavy atom. The number of hydrogen-bond acceptors (Lipinski definition) is 9. The van der Waals surface area contributed by atoms with Crippen molar-refractivity contribution in [2.75, 3.05) is 26.2 Å². The summed E-state index contributed by atoms with van der Waals surface area (Å²) in [6.45, 7) is 2.57. The Morgan fingerprint density at radius 1 is 0.923 bits per heavy atom. The minimum atomic E-state index is -0.276. The molecule has 4 aromatic rings. The van der Waals surface area contributed by atoms with E-state index in [0.29, 0.717) is 30.4 Å². The Hall–Kier alpha value is -4.79. The van der Waals surface area contributed by atoms with Gasteiger partial charge in [0.05, 0.1) is 21.3 Å². The molecule has 4 rings (SSSR count). The third-order valence-corrected chi connectivity index (χ3v) is 6.04. The van der Waals surface area contributed by atoms with Crippen LogP contribution in [-0.4, -0.2) is 42.2 Å². The first-order valence-electron chi connectivity index (χ1n) is 12.4. The van der Waals surface area contributed by atoms with E-state index in [2.05, 4.69) is 9.97 Å². The van der Waals surface area contributed by atoms with Gasteiger partial charge in [-0.25, -0.2) is 9.97 Å². The van der Waals surface area contributed by atoms with Gasteiger partial charge in [-0.05, 0) is 41.5 Å². The largest absolute Gasteiger partial charge is 0.505 e. The lowest BCUT2D eigenvalue weighted by atomic mass is 10.1. The number of oxazole rings is 1. The predicted octanol–water partition coefficient (Wildman–Crippen LogP) is 5.85. The van der Waals surface area contributed by atoms with Gasteiger partial charge in [0.1, 0.15) is 17.3 Å². The highest BCUT2D eigenvalue weighted by atomic mass is 16.5. The van der Waals surface area contributed by atoms with Gasteiger partial charge in [-0.2, -0.15) is 0 Å². The van der Waals surface area contributed by atoms with Crippen molar-refractivity contribution < 1.29 is 28.5 Å². The number of rotatable bonds is 12. The van der Waals surface area contributed by atoms with Crippen LogP contribution in [0, 0.1) is 0 Å². The summed E-state index contributed by atoms with van der Waals surface area (Å²) in [5, 5.41) is 11.0. The number of aliphatic hydroxyl groups excluding tert-OH is 1. The van der Waals surface area contributed by atoms with E-state index < -0.39 is 0 Å². The van der Waals surface area contributed by atoms with Gasteiger partial charge in [-0.3, -0.25) is 4.79 Å². The second kappa shape index (κ2) is 12.6. The Labute approximate surface area is 227 Å². The summed E-state index contributed by atoms with van der Waals surface area (Å²) in [6.07, 6.45) is 3.00. The third kappa shape index (κ3) is 6.75. The molecular formula is C30H31N3O6. The molecule has 0 atom stereocenters. The fraction of sp³-hybridized carbons (Fsp3) is 0.233. The molecule has 0 unspecified atom stereocenters. The number of nitrogens with zero attached hydrogens (tertiary/aromatic N) is 3. The maximum atomic E-state index is 12.2. The number of aromatic nitrogens is 2. The molecule has 0 bridgehead atoms. The number of ether oxygens (including phenoxy) is 3. The van der Waals surface area contributed by atoms with Gasteiger partial charge in [0.2, 0.25) is 17.7 Å². The average Bonchev–Trinajstić information content (AvgIpc) is 3.43. The number of allylic oxidation sites excluding steroid dienone is 1. The highest BCUT2D eigenvalue weighted by Crippen LogP contribution is 2.35. The molecule has 2 heterocycles. The van der Waals surface area contributed by atoms with Gasteiger partial charge in [0, 0.05) is 43.4 Å². The highest BCUT2D eigenvalue weighted by molar-refractivity contribution is 5.95. The van der Waals surface area contributed by atoms with Crippen molar-refractivity contribution in [2.45, 2.75) is 26.4 Å².